The van der Waals surface area contributed by atoms with E-state index in [9.17, 15) is 8.42 Å². The van der Waals surface area contributed by atoms with Crippen molar-refractivity contribution in [3.8, 4) is 0 Å². The van der Waals surface area contributed by atoms with E-state index >= 15 is 0 Å². The second kappa shape index (κ2) is 6.26. The van der Waals surface area contributed by atoms with Gasteiger partial charge in [0.2, 0.25) is 0 Å². The molecule has 5 nitrogen and oxygen atoms in total. The van der Waals surface area contributed by atoms with Crippen molar-refractivity contribution < 1.29 is 13.2 Å². The Morgan fingerprint density at radius 1 is 1.16 bits per heavy atom. The van der Waals surface area contributed by atoms with E-state index in [1.165, 1.54) is 0 Å². The van der Waals surface area contributed by atoms with Crippen LogP contribution >= 0.6 is 11.6 Å². The first-order chi connectivity index (χ1) is 8.93. The van der Waals surface area contributed by atoms with Gasteiger partial charge in [0, 0.05) is 32.1 Å². The van der Waals surface area contributed by atoms with Gasteiger partial charge in [0.05, 0.1) is 12.2 Å². The Labute approximate surface area is 121 Å². The molecule has 2 heterocycles. The molecule has 0 aromatic heterocycles. The Hall–Kier alpha value is 0.120. The summed E-state index contributed by atoms with van der Waals surface area (Å²) < 4.78 is 34.0. The molecule has 19 heavy (non-hydrogen) atoms. The summed E-state index contributed by atoms with van der Waals surface area (Å²) in [7, 11) is -3.37. The van der Waals surface area contributed by atoms with E-state index in [4.69, 9.17) is 16.3 Å². The summed E-state index contributed by atoms with van der Waals surface area (Å²) in [5.41, 5.74) is 0. The average molecular weight is 311 g/mol. The van der Waals surface area contributed by atoms with Crippen molar-refractivity contribution in [2.75, 3.05) is 32.1 Å². The molecule has 0 radical (unpaired) electrons. The van der Waals surface area contributed by atoms with Crippen molar-refractivity contribution in [1.82, 2.24) is 8.61 Å². The van der Waals surface area contributed by atoms with Gasteiger partial charge in [0.15, 0.2) is 0 Å². The van der Waals surface area contributed by atoms with E-state index in [0.717, 1.165) is 12.8 Å². The van der Waals surface area contributed by atoms with Crippen molar-refractivity contribution in [2.45, 2.75) is 38.9 Å². The van der Waals surface area contributed by atoms with Crippen LogP contribution in [-0.2, 0) is 14.9 Å². The maximum atomic E-state index is 12.6. The van der Waals surface area contributed by atoms with E-state index in [1.54, 1.807) is 8.61 Å². The van der Waals surface area contributed by atoms with Gasteiger partial charge in [-0.25, -0.2) is 0 Å². The highest BCUT2D eigenvalue weighted by molar-refractivity contribution is 7.86. The van der Waals surface area contributed by atoms with Crippen LogP contribution in [0.1, 0.15) is 26.7 Å². The van der Waals surface area contributed by atoms with Crippen molar-refractivity contribution in [1.29, 1.82) is 0 Å². The molecule has 2 rings (SSSR count). The SMILES string of the molecule is C[C@@H]1CN(S(=O)(=O)N2CCCC(CCl)C2)C[C@H](C)O1. The summed E-state index contributed by atoms with van der Waals surface area (Å²) >= 11 is 5.87. The number of rotatable bonds is 3. The lowest BCUT2D eigenvalue weighted by Crippen LogP contribution is -2.54. The molecule has 0 aliphatic carbocycles. The summed E-state index contributed by atoms with van der Waals surface area (Å²) in [6, 6.07) is 0. The molecule has 0 aromatic carbocycles. The summed E-state index contributed by atoms with van der Waals surface area (Å²) in [6.07, 6.45) is 1.82. The second-order valence-electron chi connectivity index (χ2n) is 5.60. The monoisotopic (exact) mass is 310 g/mol. The minimum Gasteiger partial charge on any atom is -0.373 e. The predicted octanol–water partition coefficient (Wildman–Crippen LogP) is 1.29. The first kappa shape index (κ1) is 15.5. The molecule has 2 saturated heterocycles. The Kier molecular flexibility index (Phi) is 5.11. The number of alkyl halides is 1. The van der Waals surface area contributed by atoms with Crippen LogP contribution in [0, 0.1) is 5.92 Å². The van der Waals surface area contributed by atoms with Crippen LogP contribution in [0.2, 0.25) is 0 Å². The fourth-order valence-electron chi connectivity index (χ4n) is 2.84. The molecule has 3 atom stereocenters. The van der Waals surface area contributed by atoms with Crippen LogP contribution in [0.15, 0.2) is 0 Å². The molecule has 0 aromatic rings. The highest BCUT2D eigenvalue weighted by Gasteiger charge is 2.37. The largest absolute Gasteiger partial charge is 0.373 e. The molecule has 0 saturated carbocycles. The number of halogens is 1. The van der Waals surface area contributed by atoms with Crippen LogP contribution in [0.4, 0.5) is 0 Å². The zero-order valence-corrected chi connectivity index (χ0v) is 13.2. The second-order valence-corrected chi connectivity index (χ2v) is 7.84. The van der Waals surface area contributed by atoms with E-state index < -0.39 is 10.2 Å². The topological polar surface area (TPSA) is 49.9 Å². The molecule has 2 aliphatic rings. The minimum absolute atomic E-state index is 0.0489. The van der Waals surface area contributed by atoms with Crippen LogP contribution < -0.4 is 0 Å². The number of morpholine rings is 1. The molecule has 2 aliphatic heterocycles. The van der Waals surface area contributed by atoms with E-state index in [0.29, 0.717) is 32.1 Å². The van der Waals surface area contributed by atoms with Crippen molar-refractivity contribution in [3.63, 3.8) is 0 Å². The molecule has 0 amide bonds. The zero-order valence-electron chi connectivity index (χ0n) is 11.6. The van der Waals surface area contributed by atoms with Gasteiger partial charge in [0.1, 0.15) is 0 Å². The highest BCUT2D eigenvalue weighted by atomic mass is 35.5. The fourth-order valence-corrected chi connectivity index (χ4v) is 4.98. The van der Waals surface area contributed by atoms with Crippen LogP contribution in [0.5, 0.6) is 0 Å². The van der Waals surface area contributed by atoms with Gasteiger partial charge >= 0.3 is 0 Å². The van der Waals surface area contributed by atoms with Crippen molar-refractivity contribution in [2.24, 2.45) is 5.92 Å². The highest BCUT2D eigenvalue weighted by Crippen LogP contribution is 2.24. The fraction of sp³-hybridized carbons (Fsp3) is 1.00. The summed E-state index contributed by atoms with van der Waals surface area (Å²) in [5, 5.41) is 0. The Bertz CT molecular complexity index is 394. The molecule has 112 valence electrons. The quantitative estimate of drug-likeness (QED) is 0.738. The lowest BCUT2D eigenvalue weighted by Gasteiger charge is -2.39. The Morgan fingerprint density at radius 3 is 2.37 bits per heavy atom. The lowest BCUT2D eigenvalue weighted by atomic mass is 10.0. The molecular formula is C12H23ClN2O3S. The van der Waals surface area contributed by atoms with Crippen LogP contribution in [0.3, 0.4) is 0 Å². The van der Waals surface area contributed by atoms with Gasteiger partial charge in [-0.3, -0.25) is 0 Å². The van der Waals surface area contributed by atoms with Gasteiger partial charge in [0.25, 0.3) is 10.2 Å². The lowest BCUT2D eigenvalue weighted by molar-refractivity contribution is -0.0457. The number of nitrogens with zero attached hydrogens (tertiary/aromatic N) is 2. The van der Waals surface area contributed by atoms with E-state index in [-0.39, 0.29) is 18.1 Å². The van der Waals surface area contributed by atoms with E-state index in [2.05, 4.69) is 0 Å². The van der Waals surface area contributed by atoms with Gasteiger partial charge in [-0.1, -0.05) is 0 Å². The third kappa shape index (κ3) is 3.61. The van der Waals surface area contributed by atoms with Gasteiger partial charge in [-0.2, -0.15) is 17.0 Å². The number of hydrogen-bond acceptors (Lipinski definition) is 3. The van der Waals surface area contributed by atoms with Gasteiger partial charge in [-0.05, 0) is 32.6 Å². The zero-order chi connectivity index (χ0) is 14.0. The number of hydrogen-bond donors (Lipinski definition) is 0. The predicted molar refractivity (Wildman–Crippen MR) is 75.5 cm³/mol. The first-order valence-corrected chi connectivity index (χ1v) is 8.83. The third-order valence-electron chi connectivity index (χ3n) is 3.74. The maximum Gasteiger partial charge on any atom is 0.282 e. The third-order valence-corrected chi connectivity index (χ3v) is 6.11. The van der Waals surface area contributed by atoms with Gasteiger partial charge in [-0.15, -0.1) is 11.6 Å². The van der Waals surface area contributed by atoms with Crippen LogP contribution in [0.25, 0.3) is 0 Å². The summed E-state index contributed by atoms with van der Waals surface area (Å²) in [5.74, 6) is 0.808. The summed E-state index contributed by atoms with van der Waals surface area (Å²) in [4.78, 5) is 0. The Morgan fingerprint density at radius 2 is 1.79 bits per heavy atom. The van der Waals surface area contributed by atoms with E-state index in [1.807, 2.05) is 13.8 Å². The maximum absolute atomic E-state index is 12.6. The molecule has 0 bridgehead atoms. The summed E-state index contributed by atoms with van der Waals surface area (Å²) in [6.45, 7) is 5.86. The van der Waals surface area contributed by atoms with Crippen molar-refractivity contribution >= 4 is 21.8 Å². The molecule has 7 heteroatoms. The molecule has 2 fully saturated rings. The smallest absolute Gasteiger partial charge is 0.282 e. The van der Waals surface area contributed by atoms with Crippen LogP contribution in [-0.4, -0.2) is 61.3 Å². The Balaban J connectivity index is 2.08. The average Bonchev–Trinajstić information content (AvgIpc) is 2.37. The molecule has 1 unspecified atom stereocenters. The van der Waals surface area contributed by atoms with Crippen molar-refractivity contribution in [3.05, 3.63) is 0 Å². The standard InChI is InChI=1S/C12H23ClN2O3S/c1-10-7-15(8-11(2)18-10)19(16,17)14-5-3-4-12(6-13)9-14/h10-12H,3-9H2,1-2H3/t10-,11+,12?. The molecular weight excluding hydrogens is 288 g/mol. The number of piperidine rings is 1. The molecule has 0 N–H and O–H groups in total. The first-order valence-electron chi connectivity index (χ1n) is 6.90. The number of ether oxygens (including phenoxy) is 1. The molecule has 0 spiro atoms. The van der Waals surface area contributed by atoms with Gasteiger partial charge < -0.3 is 4.74 Å². The minimum atomic E-state index is -3.37. The normalized spacial score (nSPS) is 35.4.